The van der Waals surface area contributed by atoms with Gasteiger partial charge >= 0.3 is 6.09 Å². The predicted octanol–water partition coefficient (Wildman–Crippen LogP) is 1.58. The molecule has 1 aliphatic heterocycles. The summed E-state index contributed by atoms with van der Waals surface area (Å²) in [5, 5.41) is 15.1. The molecule has 1 fully saturated rings. The van der Waals surface area contributed by atoms with E-state index < -0.39 is 6.09 Å². The number of nitrogens with one attached hydrogen (secondary N) is 1. The summed E-state index contributed by atoms with van der Waals surface area (Å²) in [4.78, 5) is 16.9. The standard InChI is InChI=1S/C13H14N4O3/c18-13(19)14-10-6-7-17(8-10)12-15-11(20-16-12)9-4-2-1-3-5-9/h1-5,10,14H,6-8H2,(H,18,19)/t10-/m0/s1. The maximum Gasteiger partial charge on any atom is 0.404 e. The van der Waals surface area contributed by atoms with Crippen molar-refractivity contribution in [2.45, 2.75) is 12.5 Å². The Morgan fingerprint density at radius 1 is 1.40 bits per heavy atom. The zero-order valence-electron chi connectivity index (χ0n) is 10.7. The summed E-state index contributed by atoms with van der Waals surface area (Å²) in [5.74, 6) is 0.966. The molecule has 1 aliphatic rings. The molecule has 7 nitrogen and oxygen atoms in total. The van der Waals surface area contributed by atoms with Crippen molar-refractivity contribution in [3.63, 3.8) is 0 Å². The Labute approximate surface area is 115 Å². The summed E-state index contributed by atoms with van der Waals surface area (Å²) in [6.45, 7) is 1.26. The first-order valence-electron chi connectivity index (χ1n) is 6.36. The van der Waals surface area contributed by atoms with Crippen molar-refractivity contribution in [3.05, 3.63) is 30.3 Å². The lowest BCUT2D eigenvalue weighted by molar-refractivity contribution is 0.191. The summed E-state index contributed by atoms with van der Waals surface area (Å²) in [6.07, 6.45) is -0.267. The molecular weight excluding hydrogens is 260 g/mol. The third kappa shape index (κ3) is 2.56. The van der Waals surface area contributed by atoms with Crippen molar-refractivity contribution >= 4 is 12.0 Å². The number of nitrogens with zero attached hydrogens (tertiary/aromatic N) is 3. The van der Waals surface area contributed by atoms with E-state index in [1.807, 2.05) is 35.2 Å². The molecule has 0 unspecified atom stereocenters. The molecule has 0 radical (unpaired) electrons. The Bertz CT molecular complexity index is 599. The molecule has 1 saturated heterocycles. The number of rotatable bonds is 3. The smallest absolute Gasteiger partial charge is 0.404 e. The minimum absolute atomic E-state index is 0.0915. The van der Waals surface area contributed by atoms with Crippen LogP contribution in [-0.2, 0) is 0 Å². The molecule has 1 amide bonds. The molecule has 3 rings (SSSR count). The van der Waals surface area contributed by atoms with Gasteiger partial charge in [0.2, 0.25) is 0 Å². The molecule has 1 atom stereocenters. The van der Waals surface area contributed by atoms with E-state index in [-0.39, 0.29) is 6.04 Å². The Hall–Kier alpha value is -2.57. The number of hydrogen-bond donors (Lipinski definition) is 2. The molecule has 0 spiro atoms. The highest BCUT2D eigenvalue weighted by Gasteiger charge is 2.27. The van der Waals surface area contributed by atoms with Crippen molar-refractivity contribution < 1.29 is 14.4 Å². The molecule has 104 valence electrons. The highest BCUT2D eigenvalue weighted by molar-refractivity contribution is 5.65. The zero-order valence-corrected chi connectivity index (χ0v) is 10.7. The summed E-state index contributed by atoms with van der Waals surface area (Å²) in [5.41, 5.74) is 0.866. The second-order valence-corrected chi connectivity index (χ2v) is 4.65. The van der Waals surface area contributed by atoms with Crippen LogP contribution in [0, 0.1) is 0 Å². The average molecular weight is 274 g/mol. The van der Waals surface area contributed by atoms with E-state index in [1.54, 1.807) is 0 Å². The van der Waals surface area contributed by atoms with Crippen LogP contribution < -0.4 is 10.2 Å². The number of anilines is 1. The minimum Gasteiger partial charge on any atom is -0.465 e. The Morgan fingerprint density at radius 2 is 2.20 bits per heavy atom. The van der Waals surface area contributed by atoms with Gasteiger partial charge in [-0.1, -0.05) is 18.2 Å². The van der Waals surface area contributed by atoms with Crippen LogP contribution in [0.5, 0.6) is 0 Å². The minimum atomic E-state index is -1.00. The highest BCUT2D eigenvalue weighted by Crippen LogP contribution is 2.22. The second kappa shape index (κ2) is 5.20. The maximum absolute atomic E-state index is 10.6. The normalized spacial score (nSPS) is 18.2. The van der Waals surface area contributed by atoms with E-state index in [4.69, 9.17) is 9.63 Å². The number of carboxylic acid groups (broad SMARTS) is 1. The number of aromatic nitrogens is 2. The van der Waals surface area contributed by atoms with Gasteiger partial charge in [0, 0.05) is 18.7 Å². The van der Waals surface area contributed by atoms with Crippen molar-refractivity contribution in [1.29, 1.82) is 0 Å². The first kappa shape index (κ1) is 12.5. The molecule has 2 heterocycles. The number of hydrogen-bond acceptors (Lipinski definition) is 5. The second-order valence-electron chi connectivity index (χ2n) is 4.65. The lowest BCUT2D eigenvalue weighted by Crippen LogP contribution is -2.36. The maximum atomic E-state index is 10.6. The fourth-order valence-electron chi connectivity index (χ4n) is 2.28. The fourth-order valence-corrected chi connectivity index (χ4v) is 2.28. The summed E-state index contributed by atoms with van der Waals surface area (Å²) in [6, 6.07) is 9.44. The Balaban J connectivity index is 1.70. The van der Waals surface area contributed by atoms with Crippen LogP contribution >= 0.6 is 0 Å². The molecule has 2 aromatic rings. The molecular formula is C13H14N4O3. The van der Waals surface area contributed by atoms with E-state index in [9.17, 15) is 4.79 Å². The predicted molar refractivity (Wildman–Crippen MR) is 71.5 cm³/mol. The monoisotopic (exact) mass is 274 g/mol. The molecule has 1 aromatic carbocycles. The van der Waals surface area contributed by atoms with E-state index in [0.717, 1.165) is 12.0 Å². The van der Waals surface area contributed by atoms with Gasteiger partial charge in [-0.15, -0.1) is 0 Å². The zero-order chi connectivity index (χ0) is 13.9. The van der Waals surface area contributed by atoms with Gasteiger partial charge in [-0.2, -0.15) is 4.98 Å². The van der Waals surface area contributed by atoms with Gasteiger partial charge in [-0.3, -0.25) is 0 Å². The van der Waals surface area contributed by atoms with Gasteiger partial charge in [0.1, 0.15) is 0 Å². The lowest BCUT2D eigenvalue weighted by Gasteiger charge is -2.12. The average Bonchev–Trinajstić information content (AvgIpc) is 3.07. The van der Waals surface area contributed by atoms with Gasteiger partial charge in [-0.05, 0) is 23.7 Å². The summed E-state index contributed by atoms with van der Waals surface area (Å²) < 4.78 is 5.24. The Kier molecular flexibility index (Phi) is 3.24. The largest absolute Gasteiger partial charge is 0.465 e. The van der Waals surface area contributed by atoms with E-state index >= 15 is 0 Å². The SMILES string of the molecule is O=C(O)N[C@H]1CCN(c2noc(-c3ccccc3)n2)C1. The lowest BCUT2D eigenvalue weighted by atomic mass is 10.2. The van der Waals surface area contributed by atoms with Crippen molar-refractivity contribution in [2.75, 3.05) is 18.0 Å². The molecule has 0 aliphatic carbocycles. The van der Waals surface area contributed by atoms with Crippen molar-refractivity contribution in [2.24, 2.45) is 0 Å². The van der Waals surface area contributed by atoms with Crippen molar-refractivity contribution in [3.8, 4) is 11.5 Å². The topological polar surface area (TPSA) is 91.5 Å². The van der Waals surface area contributed by atoms with E-state index in [1.165, 1.54) is 0 Å². The van der Waals surface area contributed by atoms with Gasteiger partial charge < -0.3 is 19.8 Å². The number of amides is 1. The summed E-state index contributed by atoms with van der Waals surface area (Å²) >= 11 is 0. The Morgan fingerprint density at radius 3 is 2.95 bits per heavy atom. The fraction of sp³-hybridized carbons (Fsp3) is 0.308. The molecule has 20 heavy (non-hydrogen) atoms. The summed E-state index contributed by atoms with van der Waals surface area (Å²) in [7, 11) is 0. The van der Waals surface area contributed by atoms with Gasteiger partial charge in [0.15, 0.2) is 0 Å². The van der Waals surface area contributed by atoms with Crippen molar-refractivity contribution in [1.82, 2.24) is 15.5 Å². The quantitative estimate of drug-likeness (QED) is 0.883. The third-order valence-corrected chi connectivity index (χ3v) is 3.23. The van der Waals surface area contributed by atoms with Gasteiger partial charge in [0.05, 0.1) is 6.04 Å². The molecule has 0 bridgehead atoms. The highest BCUT2D eigenvalue weighted by atomic mass is 16.5. The van der Waals surface area contributed by atoms with Crippen LogP contribution in [0.4, 0.5) is 10.7 Å². The molecule has 7 heteroatoms. The van der Waals surface area contributed by atoms with Crippen LogP contribution in [0.25, 0.3) is 11.5 Å². The number of carbonyl (C=O) groups is 1. The molecule has 0 saturated carbocycles. The van der Waals surface area contributed by atoms with Gasteiger partial charge in [-0.25, -0.2) is 4.79 Å². The van der Waals surface area contributed by atoms with E-state index in [0.29, 0.717) is 24.9 Å². The van der Waals surface area contributed by atoms with Crippen LogP contribution in [0.15, 0.2) is 34.9 Å². The van der Waals surface area contributed by atoms with Crippen LogP contribution in [0.3, 0.4) is 0 Å². The van der Waals surface area contributed by atoms with Gasteiger partial charge in [0.25, 0.3) is 11.8 Å². The van der Waals surface area contributed by atoms with Crippen LogP contribution in [-0.4, -0.2) is 40.5 Å². The van der Waals surface area contributed by atoms with Crippen LogP contribution in [0.2, 0.25) is 0 Å². The first-order valence-corrected chi connectivity index (χ1v) is 6.36. The molecule has 2 N–H and O–H groups in total. The van der Waals surface area contributed by atoms with E-state index in [2.05, 4.69) is 15.5 Å². The first-order chi connectivity index (χ1) is 9.72. The number of benzene rings is 1. The van der Waals surface area contributed by atoms with Crippen LogP contribution in [0.1, 0.15) is 6.42 Å². The molecule has 1 aromatic heterocycles. The third-order valence-electron chi connectivity index (χ3n) is 3.23.